The fraction of sp³-hybridized carbons (Fsp3) is 0.100. The van der Waals surface area contributed by atoms with Crippen molar-refractivity contribution >= 4 is 0 Å². The van der Waals surface area contributed by atoms with Gasteiger partial charge in [0.15, 0.2) is 0 Å². The molecule has 72 valence electrons. The van der Waals surface area contributed by atoms with E-state index in [1.54, 1.807) is 18.6 Å². The minimum absolute atomic E-state index is 0.315. The van der Waals surface area contributed by atoms with Crippen LogP contribution in [0.15, 0.2) is 30.7 Å². The normalized spacial score (nSPS) is 10.1. The Morgan fingerprint density at radius 2 is 2.29 bits per heavy atom. The molecule has 0 unspecified atom stereocenters. The summed E-state index contributed by atoms with van der Waals surface area (Å²) in [4.78, 5) is 6.83. The Bertz CT molecular complexity index is 426. The van der Waals surface area contributed by atoms with Gasteiger partial charge in [-0.05, 0) is 12.1 Å². The van der Waals surface area contributed by atoms with E-state index in [4.69, 9.17) is 4.74 Å². The Balaban J connectivity index is 2.53. The van der Waals surface area contributed by atoms with Gasteiger partial charge in [0.25, 0.3) is 0 Å². The first-order valence-corrected chi connectivity index (χ1v) is 4.13. The van der Waals surface area contributed by atoms with E-state index in [0.717, 1.165) is 11.3 Å². The Kier molecular flexibility index (Phi) is 2.18. The molecule has 1 heterocycles. The van der Waals surface area contributed by atoms with Crippen LogP contribution in [0.4, 0.5) is 4.39 Å². The monoisotopic (exact) mass is 192 g/mol. The number of hydrogen-bond acceptors (Lipinski definition) is 2. The third-order valence-electron chi connectivity index (χ3n) is 1.95. The van der Waals surface area contributed by atoms with Gasteiger partial charge in [0, 0.05) is 11.6 Å². The highest BCUT2D eigenvalue weighted by molar-refractivity contribution is 5.66. The molecule has 1 aromatic carbocycles. The molecule has 0 fully saturated rings. The van der Waals surface area contributed by atoms with Gasteiger partial charge >= 0.3 is 0 Å². The molecule has 1 N–H and O–H groups in total. The Morgan fingerprint density at radius 3 is 2.93 bits per heavy atom. The summed E-state index contributed by atoms with van der Waals surface area (Å²) in [6.45, 7) is 0. The second kappa shape index (κ2) is 3.49. The molecule has 0 saturated heterocycles. The molecule has 4 heteroatoms. The first-order valence-electron chi connectivity index (χ1n) is 4.13. The lowest BCUT2D eigenvalue weighted by molar-refractivity contribution is 0.413. The molecule has 1 aromatic heterocycles. The maximum atomic E-state index is 12.9. The zero-order valence-corrected chi connectivity index (χ0v) is 7.62. The van der Waals surface area contributed by atoms with Crippen LogP contribution in [0.25, 0.3) is 11.3 Å². The first-order chi connectivity index (χ1) is 6.81. The number of halogens is 1. The number of methoxy groups -OCH3 is 1. The molecule has 0 aliphatic carbocycles. The Labute approximate surface area is 80.6 Å². The van der Waals surface area contributed by atoms with Crippen molar-refractivity contribution < 1.29 is 9.13 Å². The highest BCUT2D eigenvalue weighted by Crippen LogP contribution is 2.28. The van der Waals surface area contributed by atoms with Crippen molar-refractivity contribution in [1.82, 2.24) is 9.97 Å². The molecule has 2 aromatic rings. The Morgan fingerprint density at radius 1 is 1.43 bits per heavy atom. The largest absolute Gasteiger partial charge is 0.496 e. The summed E-state index contributed by atoms with van der Waals surface area (Å²) < 4.78 is 17.9. The van der Waals surface area contributed by atoms with Crippen LogP contribution in [-0.4, -0.2) is 17.1 Å². The molecular weight excluding hydrogens is 183 g/mol. The van der Waals surface area contributed by atoms with Gasteiger partial charge in [-0.3, -0.25) is 0 Å². The van der Waals surface area contributed by atoms with E-state index in [0.29, 0.717) is 5.75 Å². The van der Waals surface area contributed by atoms with E-state index in [1.807, 2.05) is 0 Å². The molecule has 0 atom stereocenters. The number of aromatic amines is 1. The van der Waals surface area contributed by atoms with E-state index in [9.17, 15) is 4.39 Å². The van der Waals surface area contributed by atoms with Gasteiger partial charge in [-0.25, -0.2) is 9.37 Å². The Hall–Kier alpha value is -1.84. The number of imidazole rings is 1. The topological polar surface area (TPSA) is 37.9 Å². The summed E-state index contributed by atoms with van der Waals surface area (Å²) in [5.74, 6) is 0.180. The van der Waals surface area contributed by atoms with Crippen molar-refractivity contribution in [3.05, 3.63) is 36.5 Å². The van der Waals surface area contributed by atoms with Crippen LogP contribution in [0.2, 0.25) is 0 Å². The second-order valence-corrected chi connectivity index (χ2v) is 2.81. The molecule has 0 spiro atoms. The average Bonchev–Trinajstić information content (AvgIpc) is 2.70. The van der Waals surface area contributed by atoms with Gasteiger partial charge in [-0.1, -0.05) is 0 Å². The SMILES string of the molecule is COc1cc(F)ccc1-c1cnc[nH]1. The highest BCUT2D eigenvalue weighted by atomic mass is 19.1. The minimum atomic E-state index is -0.315. The number of H-pyrrole nitrogens is 1. The zero-order chi connectivity index (χ0) is 9.97. The smallest absolute Gasteiger partial charge is 0.131 e. The van der Waals surface area contributed by atoms with Crippen LogP contribution in [0.1, 0.15) is 0 Å². The summed E-state index contributed by atoms with van der Waals surface area (Å²) in [6.07, 6.45) is 3.23. The van der Waals surface area contributed by atoms with Gasteiger partial charge in [0.2, 0.25) is 0 Å². The van der Waals surface area contributed by atoms with Crippen molar-refractivity contribution in [2.75, 3.05) is 7.11 Å². The number of ether oxygens (including phenoxy) is 1. The number of nitrogens with one attached hydrogen (secondary N) is 1. The number of benzene rings is 1. The molecule has 0 bridgehead atoms. The van der Waals surface area contributed by atoms with E-state index in [1.165, 1.54) is 19.2 Å². The van der Waals surface area contributed by atoms with Crippen molar-refractivity contribution in [2.24, 2.45) is 0 Å². The number of nitrogens with zero attached hydrogens (tertiary/aromatic N) is 1. The predicted octanol–water partition coefficient (Wildman–Crippen LogP) is 2.22. The third kappa shape index (κ3) is 1.46. The molecule has 0 amide bonds. The van der Waals surface area contributed by atoms with E-state index in [2.05, 4.69) is 9.97 Å². The second-order valence-electron chi connectivity index (χ2n) is 2.81. The maximum absolute atomic E-state index is 12.9. The van der Waals surface area contributed by atoms with Crippen molar-refractivity contribution in [1.29, 1.82) is 0 Å². The van der Waals surface area contributed by atoms with Crippen LogP contribution in [-0.2, 0) is 0 Å². The summed E-state index contributed by atoms with van der Waals surface area (Å²) in [6, 6.07) is 4.39. The molecule has 14 heavy (non-hydrogen) atoms. The van der Waals surface area contributed by atoms with E-state index < -0.39 is 0 Å². The molecule has 0 aliphatic heterocycles. The van der Waals surface area contributed by atoms with Crippen LogP contribution in [0, 0.1) is 5.82 Å². The van der Waals surface area contributed by atoms with Crippen molar-refractivity contribution in [2.45, 2.75) is 0 Å². The van der Waals surface area contributed by atoms with Crippen molar-refractivity contribution in [3.8, 4) is 17.0 Å². The van der Waals surface area contributed by atoms with Gasteiger partial charge < -0.3 is 9.72 Å². The van der Waals surface area contributed by atoms with Crippen LogP contribution in [0.3, 0.4) is 0 Å². The summed E-state index contributed by atoms with van der Waals surface area (Å²) in [7, 11) is 1.51. The lowest BCUT2D eigenvalue weighted by atomic mass is 10.1. The first kappa shape index (κ1) is 8.74. The molecule has 0 radical (unpaired) electrons. The zero-order valence-electron chi connectivity index (χ0n) is 7.62. The molecule has 3 nitrogen and oxygen atoms in total. The third-order valence-corrected chi connectivity index (χ3v) is 1.95. The quantitative estimate of drug-likeness (QED) is 0.792. The lowest BCUT2D eigenvalue weighted by Gasteiger charge is -2.05. The summed E-state index contributed by atoms with van der Waals surface area (Å²) >= 11 is 0. The maximum Gasteiger partial charge on any atom is 0.131 e. The standard InChI is InChI=1S/C10H9FN2O/c1-14-10-4-7(11)2-3-8(10)9-5-12-6-13-9/h2-6H,1H3,(H,12,13). The van der Waals surface area contributed by atoms with E-state index in [-0.39, 0.29) is 5.82 Å². The highest BCUT2D eigenvalue weighted by Gasteiger charge is 2.07. The molecular formula is C10H9FN2O. The molecule has 2 rings (SSSR count). The fourth-order valence-electron chi connectivity index (χ4n) is 1.29. The van der Waals surface area contributed by atoms with Gasteiger partial charge in [0.1, 0.15) is 11.6 Å². The van der Waals surface area contributed by atoms with E-state index >= 15 is 0 Å². The predicted molar refractivity (Wildman–Crippen MR) is 50.5 cm³/mol. The minimum Gasteiger partial charge on any atom is -0.496 e. The number of rotatable bonds is 2. The van der Waals surface area contributed by atoms with Crippen LogP contribution < -0.4 is 4.74 Å². The van der Waals surface area contributed by atoms with Crippen molar-refractivity contribution in [3.63, 3.8) is 0 Å². The summed E-state index contributed by atoms with van der Waals surface area (Å²) in [5.41, 5.74) is 1.60. The van der Waals surface area contributed by atoms with Crippen LogP contribution in [0.5, 0.6) is 5.75 Å². The van der Waals surface area contributed by atoms with Gasteiger partial charge in [0.05, 0.1) is 25.3 Å². The lowest BCUT2D eigenvalue weighted by Crippen LogP contribution is -1.89. The molecule has 0 aliphatic rings. The number of aromatic nitrogens is 2. The molecule has 0 saturated carbocycles. The summed E-state index contributed by atoms with van der Waals surface area (Å²) in [5, 5.41) is 0. The van der Waals surface area contributed by atoms with Gasteiger partial charge in [-0.15, -0.1) is 0 Å². The fourth-order valence-corrected chi connectivity index (χ4v) is 1.29. The number of hydrogen-bond donors (Lipinski definition) is 1. The van der Waals surface area contributed by atoms with Gasteiger partial charge in [-0.2, -0.15) is 0 Å². The average molecular weight is 192 g/mol. The van der Waals surface area contributed by atoms with Crippen LogP contribution >= 0.6 is 0 Å².